The number of amides is 1. The summed E-state index contributed by atoms with van der Waals surface area (Å²) in [6.45, 7) is 5.69. The molecule has 0 spiro atoms. The molecule has 0 radical (unpaired) electrons. The quantitative estimate of drug-likeness (QED) is 0.839. The minimum atomic E-state index is -3.77. The highest BCUT2D eigenvalue weighted by Gasteiger charge is 2.38. The highest BCUT2D eigenvalue weighted by atomic mass is 35.5. The summed E-state index contributed by atoms with van der Waals surface area (Å²) in [6.07, 6.45) is 0.561. The first kappa shape index (κ1) is 20.8. The molecule has 0 aliphatic carbocycles. The maximum absolute atomic E-state index is 13.7. The van der Waals surface area contributed by atoms with Crippen LogP contribution in [-0.2, 0) is 14.8 Å². The number of hydrogen-bond donors (Lipinski definition) is 2. The van der Waals surface area contributed by atoms with E-state index in [1.165, 1.54) is 17.3 Å². The van der Waals surface area contributed by atoms with Crippen LogP contribution >= 0.6 is 12.4 Å². The van der Waals surface area contributed by atoms with E-state index in [9.17, 15) is 17.6 Å². The zero-order chi connectivity index (χ0) is 17.4. The van der Waals surface area contributed by atoms with E-state index in [2.05, 4.69) is 5.32 Å². The first-order valence-electron chi connectivity index (χ1n) is 7.37. The molecule has 1 aliphatic rings. The van der Waals surface area contributed by atoms with Crippen LogP contribution in [0.15, 0.2) is 23.1 Å². The van der Waals surface area contributed by atoms with E-state index in [-0.39, 0.29) is 34.4 Å². The number of benzene rings is 1. The van der Waals surface area contributed by atoms with Crippen molar-refractivity contribution in [3.63, 3.8) is 0 Å². The summed E-state index contributed by atoms with van der Waals surface area (Å²) in [6, 6.07) is 3.32. The molecule has 1 aromatic carbocycles. The van der Waals surface area contributed by atoms with Gasteiger partial charge in [-0.05, 0) is 30.0 Å². The molecule has 1 aliphatic heterocycles. The van der Waals surface area contributed by atoms with Crippen LogP contribution in [0.25, 0.3) is 0 Å². The molecule has 136 valence electrons. The fourth-order valence-corrected chi connectivity index (χ4v) is 4.28. The van der Waals surface area contributed by atoms with Gasteiger partial charge in [0.05, 0.1) is 10.6 Å². The van der Waals surface area contributed by atoms with Crippen LogP contribution in [0, 0.1) is 11.2 Å². The zero-order valence-corrected chi connectivity index (χ0v) is 15.5. The van der Waals surface area contributed by atoms with Crippen LogP contribution < -0.4 is 11.1 Å². The molecule has 9 heteroatoms. The van der Waals surface area contributed by atoms with Gasteiger partial charge < -0.3 is 11.1 Å². The molecule has 1 fully saturated rings. The summed E-state index contributed by atoms with van der Waals surface area (Å²) in [4.78, 5) is 11.1. The molecule has 0 aromatic heterocycles. The molecule has 1 heterocycles. The average molecular weight is 380 g/mol. The van der Waals surface area contributed by atoms with E-state index in [0.29, 0.717) is 19.5 Å². The second-order valence-corrected chi connectivity index (χ2v) is 8.48. The molecule has 1 saturated heterocycles. The molecule has 24 heavy (non-hydrogen) atoms. The van der Waals surface area contributed by atoms with Crippen molar-refractivity contribution in [2.75, 3.05) is 18.4 Å². The van der Waals surface area contributed by atoms with Crippen molar-refractivity contribution < 1.29 is 17.6 Å². The maximum Gasteiger partial charge on any atom is 0.243 e. The second-order valence-electron chi connectivity index (χ2n) is 6.55. The van der Waals surface area contributed by atoms with Gasteiger partial charge in [0.25, 0.3) is 0 Å². The Hall–Kier alpha value is -1.22. The normalized spacial score (nSPS) is 21.0. The largest absolute Gasteiger partial charge is 0.327 e. The van der Waals surface area contributed by atoms with Gasteiger partial charge in [-0.3, -0.25) is 4.79 Å². The molecule has 2 rings (SSSR count). The third-order valence-corrected chi connectivity index (χ3v) is 6.00. The van der Waals surface area contributed by atoms with E-state index < -0.39 is 21.7 Å². The van der Waals surface area contributed by atoms with Gasteiger partial charge in [0, 0.05) is 26.1 Å². The molecule has 3 N–H and O–H groups in total. The van der Waals surface area contributed by atoms with E-state index in [0.717, 1.165) is 12.1 Å². The fourth-order valence-electron chi connectivity index (χ4n) is 2.63. The van der Waals surface area contributed by atoms with Gasteiger partial charge in [0.2, 0.25) is 15.9 Å². The Labute approximate surface area is 148 Å². The summed E-state index contributed by atoms with van der Waals surface area (Å²) in [7, 11) is -3.77. The molecule has 1 amide bonds. The van der Waals surface area contributed by atoms with Crippen LogP contribution in [-0.4, -0.2) is 37.8 Å². The van der Waals surface area contributed by atoms with E-state index in [1.807, 2.05) is 13.8 Å². The number of rotatable bonds is 3. The number of carbonyl (C=O) groups excluding carboxylic acids is 1. The van der Waals surface area contributed by atoms with E-state index >= 15 is 0 Å². The summed E-state index contributed by atoms with van der Waals surface area (Å²) in [5.74, 6) is -1.15. The highest BCUT2D eigenvalue weighted by Crippen LogP contribution is 2.32. The third kappa shape index (κ3) is 4.24. The number of hydrogen-bond acceptors (Lipinski definition) is 4. The molecule has 1 atom stereocenters. The lowest BCUT2D eigenvalue weighted by Gasteiger charge is -2.41. The Morgan fingerprint density at radius 1 is 1.42 bits per heavy atom. The number of halogens is 2. The van der Waals surface area contributed by atoms with Crippen molar-refractivity contribution >= 4 is 34.0 Å². The van der Waals surface area contributed by atoms with Crippen molar-refractivity contribution in [3.8, 4) is 0 Å². The smallest absolute Gasteiger partial charge is 0.243 e. The third-order valence-electron chi connectivity index (χ3n) is 4.16. The van der Waals surface area contributed by atoms with Crippen LogP contribution in [0.3, 0.4) is 0 Å². The van der Waals surface area contributed by atoms with Crippen LogP contribution in [0.2, 0.25) is 0 Å². The second kappa shape index (κ2) is 7.35. The number of piperidine rings is 1. The van der Waals surface area contributed by atoms with Gasteiger partial charge in [0.1, 0.15) is 5.82 Å². The van der Waals surface area contributed by atoms with E-state index in [4.69, 9.17) is 5.73 Å². The lowest BCUT2D eigenvalue weighted by molar-refractivity contribution is -0.114. The fraction of sp³-hybridized carbons (Fsp3) is 0.533. The molecule has 6 nitrogen and oxygen atoms in total. The summed E-state index contributed by atoms with van der Waals surface area (Å²) in [5.41, 5.74) is 5.55. The van der Waals surface area contributed by atoms with Crippen molar-refractivity contribution in [1.82, 2.24) is 4.31 Å². The van der Waals surface area contributed by atoms with Gasteiger partial charge in [0.15, 0.2) is 0 Å². The van der Waals surface area contributed by atoms with E-state index in [1.54, 1.807) is 0 Å². The first-order valence-corrected chi connectivity index (χ1v) is 8.81. The maximum atomic E-state index is 13.7. The highest BCUT2D eigenvalue weighted by molar-refractivity contribution is 7.89. The standard InChI is InChI=1S/C15H22FN3O3S.ClH/c1-10(20)18-13-8-11(4-5-12(13)16)23(21,22)19-7-6-14(17)15(2,3)9-19;/h4-5,8,14H,6-7,9,17H2,1-3H3,(H,18,20);1H. The van der Waals surface area contributed by atoms with Crippen molar-refractivity contribution in [3.05, 3.63) is 24.0 Å². The van der Waals surface area contributed by atoms with Crippen molar-refractivity contribution in [2.45, 2.75) is 38.1 Å². The van der Waals surface area contributed by atoms with Crippen LogP contribution in [0.4, 0.5) is 10.1 Å². The molecule has 1 aromatic rings. The Balaban J connectivity index is 0.00000288. The number of nitrogens with one attached hydrogen (secondary N) is 1. The van der Waals surface area contributed by atoms with Gasteiger partial charge in [-0.1, -0.05) is 13.8 Å². The van der Waals surface area contributed by atoms with Gasteiger partial charge in [-0.15, -0.1) is 12.4 Å². The molecular formula is C15H23ClFN3O3S. The number of carbonyl (C=O) groups is 1. The Morgan fingerprint density at radius 2 is 2.04 bits per heavy atom. The lowest BCUT2D eigenvalue weighted by atomic mass is 9.81. The van der Waals surface area contributed by atoms with Crippen molar-refractivity contribution in [2.24, 2.45) is 11.1 Å². The number of nitrogens with two attached hydrogens (primary N) is 1. The summed E-state index contributed by atoms with van der Waals surface area (Å²) >= 11 is 0. The minimum absolute atomic E-state index is 0. The number of anilines is 1. The van der Waals surface area contributed by atoms with Gasteiger partial charge in [-0.2, -0.15) is 4.31 Å². The van der Waals surface area contributed by atoms with Crippen LogP contribution in [0.5, 0.6) is 0 Å². The van der Waals surface area contributed by atoms with Crippen LogP contribution in [0.1, 0.15) is 27.2 Å². The average Bonchev–Trinajstić information content (AvgIpc) is 2.43. The number of nitrogens with zero attached hydrogens (tertiary/aromatic N) is 1. The van der Waals surface area contributed by atoms with Gasteiger partial charge >= 0.3 is 0 Å². The Morgan fingerprint density at radius 3 is 2.58 bits per heavy atom. The lowest BCUT2D eigenvalue weighted by Crippen LogP contribution is -2.53. The van der Waals surface area contributed by atoms with Gasteiger partial charge in [-0.25, -0.2) is 12.8 Å². The minimum Gasteiger partial charge on any atom is -0.327 e. The molecule has 1 unspecified atom stereocenters. The Bertz CT molecular complexity index is 725. The topological polar surface area (TPSA) is 92.5 Å². The first-order chi connectivity index (χ1) is 10.5. The summed E-state index contributed by atoms with van der Waals surface area (Å²) < 4.78 is 40.6. The predicted molar refractivity (Wildman–Crippen MR) is 93.1 cm³/mol. The number of sulfonamides is 1. The Kier molecular flexibility index (Phi) is 6.37. The molecule has 0 saturated carbocycles. The zero-order valence-electron chi connectivity index (χ0n) is 13.9. The molecule has 0 bridgehead atoms. The SMILES string of the molecule is CC(=O)Nc1cc(S(=O)(=O)N2CCC(N)C(C)(C)C2)ccc1F.Cl. The predicted octanol–water partition coefficient (Wildman–Crippen LogP) is 1.95. The van der Waals surface area contributed by atoms with Crippen molar-refractivity contribution in [1.29, 1.82) is 0 Å². The monoisotopic (exact) mass is 379 g/mol. The molecular weight excluding hydrogens is 357 g/mol. The summed E-state index contributed by atoms with van der Waals surface area (Å²) in [5, 5.41) is 2.29.